The van der Waals surface area contributed by atoms with Crippen molar-refractivity contribution in [2.24, 2.45) is 0 Å². The molecule has 0 unspecified atom stereocenters. The highest BCUT2D eigenvalue weighted by molar-refractivity contribution is 5.90. The minimum atomic E-state index is 0.386. The third-order valence-corrected chi connectivity index (χ3v) is 3.51. The standard InChI is InChI=1S/C22H21NO3/c1-4-12-25-20-9-6-17(7-10-20)14-19(16-23)18-8-11-21(26-13-5-2)22(15-18)24-3/h4-11,14-15H,1-2,12-13H2,3H3/b19-14+. The molecule has 2 aromatic carbocycles. The van der Waals surface area contributed by atoms with Gasteiger partial charge in [0, 0.05) is 0 Å². The van der Waals surface area contributed by atoms with E-state index in [-0.39, 0.29) is 0 Å². The van der Waals surface area contributed by atoms with E-state index in [9.17, 15) is 5.26 Å². The fourth-order valence-corrected chi connectivity index (χ4v) is 2.27. The lowest BCUT2D eigenvalue weighted by Gasteiger charge is -2.11. The summed E-state index contributed by atoms with van der Waals surface area (Å²) in [6, 6.07) is 15.1. The average molecular weight is 347 g/mol. The van der Waals surface area contributed by atoms with Gasteiger partial charge in [-0.2, -0.15) is 5.26 Å². The van der Waals surface area contributed by atoms with Gasteiger partial charge >= 0.3 is 0 Å². The van der Waals surface area contributed by atoms with E-state index < -0.39 is 0 Å². The van der Waals surface area contributed by atoms with Crippen LogP contribution in [0.2, 0.25) is 0 Å². The van der Waals surface area contributed by atoms with Gasteiger partial charge < -0.3 is 14.2 Å². The van der Waals surface area contributed by atoms with Crippen molar-refractivity contribution in [2.75, 3.05) is 20.3 Å². The van der Waals surface area contributed by atoms with Crippen molar-refractivity contribution in [1.82, 2.24) is 0 Å². The lowest BCUT2D eigenvalue weighted by atomic mass is 10.0. The molecule has 2 aromatic rings. The lowest BCUT2D eigenvalue weighted by molar-refractivity contribution is 0.326. The smallest absolute Gasteiger partial charge is 0.161 e. The van der Waals surface area contributed by atoms with Crippen LogP contribution in [-0.4, -0.2) is 20.3 Å². The zero-order chi connectivity index (χ0) is 18.8. The second-order valence-electron chi connectivity index (χ2n) is 5.30. The van der Waals surface area contributed by atoms with Gasteiger partial charge in [-0.15, -0.1) is 0 Å². The molecular weight excluding hydrogens is 326 g/mol. The van der Waals surface area contributed by atoms with Crippen LogP contribution in [-0.2, 0) is 0 Å². The van der Waals surface area contributed by atoms with Crippen molar-refractivity contribution in [3.8, 4) is 23.3 Å². The molecule has 0 spiro atoms. The van der Waals surface area contributed by atoms with Crippen LogP contribution in [0.25, 0.3) is 11.6 Å². The van der Waals surface area contributed by atoms with Gasteiger partial charge in [0.2, 0.25) is 0 Å². The molecule has 0 atom stereocenters. The molecule has 0 N–H and O–H groups in total. The second-order valence-corrected chi connectivity index (χ2v) is 5.30. The summed E-state index contributed by atoms with van der Waals surface area (Å²) < 4.78 is 16.4. The van der Waals surface area contributed by atoms with Crippen LogP contribution < -0.4 is 14.2 Å². The normalized spacial score (nSPS) is 10.5. The highest BCUT2D eigenvalue weighted by atomic mass is 16.5. The number of methoxy groups -OCH3 is 1. The third-order valence-electron chi connectivity index (χ3n) is 3.51. The van der Waals surface area contributed by atoms with E-state index in [4.69, 9.17) is 14.2 Å². The summed E-state index contributed by atoms with van der Waals surface area (Å²) in [5.74, 6) is 1.93. The summed E-state index contributed by atoms with van der Waals surface area (Å²) in [4.78, 5) is 0. The molecule has 0 aliphatic carbocycles. The number of allylic oxidation sites excluding steroid dienone is 1. The van der Waals surface area contributed by atoms with Gasteiger partial charge in [-0.05, 0) is 47.5 Å². The van der Waals surface area contributed by atoms with Crippen LogP contribution >= 0.6 is 0 Å². The molecule has 0 amide bonds. The number of nitriles is 1. The van der Waals surface area contributed by atoms with E-state index in [1.807, 2.05) is 36.4 Å². The van der Waals surface area contributed by atoms with Gasteiger partial charge in [0.25, 0.3) is 0 Å². The number of hydrogen-bond acceptors (Lipinski definition) is 4. The third kappa shape index (κ3) is 5.02. The zero-order valence-corrected chi connectivity index (χ0v) is 14.8. The number of hydrogen-bond donors (Lipinski definition) is 0. The summed E-state index contributed by atoms with van der Waals surface area (Å²) in [5.41, 5.74) is 2.18. The molecule has 0 bridgehead atoms. The van der Waals surface area contributed by atoms with Crippen molar-refractivity contribution >= 4 is 11.6 Å². The Kier molecular flexibility index (Phi) is 7.08. The molecule has 0 fully saturated rings. The first kappa shape index (κ1) is 18.9. The Labute approximate surface area is 154 Å². The maximum absolute atomic E-state index is 9.55. The second kappa shape index (κ2) is 9.75. The average Bonchev–Trinajstić information content (AvgIpc) is 2.69. The first-order valence-electron chi connectivity index (χ1n) is 8.09. The van der Waals surface area contributed by atoms with Crippen LogP contribution in [0.4, 0.5) is 0 Å². The molecule has 2 rings (SSSR count). The summed E-state index contributed by atoms with van der Waals surface area (Å²) in [5, 5.41) is 9.55. The van der Waals surface area contributed by atoms with E-state index in [2.05, 4.69) is 19.2 Å². The van der Waals surface area contributed by atoms with Crippen LogP contribution in [0, 0.1) is 11.3 Å². The predicted molar refractivity (Wildman–Crippen MR) is 104 cm³/mol. The minimum absolute atomic E-state index is 0.386. The van der Waals surface area contributed by atoms with Gasteiger partial charge in [-0.25, -0.2) is 0 Å². The highest BCUT2D eigenvalue weighted by Gasteiger charge is 2.09. The quantitative estimate of drug-likeness (QED) is 0.368. The van der Waals surface area contributed by atoms with E-state index in [1.165, 1.54) is 0 Å². The first-order chi connectivity index (χ1) is 12.7. The van der Waals surface area contributed by atoms with Crippen molar-refractivity contribution in [3.05, 3.63) is 78.9 Å². The van der Waals surface area contributed by atoms with Gasteiger partial charge in [0.1, 0.15) is 19.0 Å². The van der Waals surface area contributed by atoms with Crippen LogP contribution in [0.3, 0.4) is 0 Å². The summed E-state index contributed by atoms with van der Waals surface area (Å²) in [6.45, 7) is 8.09. The van der Waals surface area contributed by atoms with Crippen molar-refractivity contribution in [2.45, 2.75) is 0 Å². The van der Waals surface area contributed by atoms with Gasteiger partial charge in [-0.1, -0.05) is 37.4 Å². The topological polar surface area (TPSA) is 51.5 Å². The summed E-state index contributed by atoms with van der Waals surface area (Å²) in [7, 11) is 1.57. The molecule has 4 nitrogen and oxygen atoms in total. The van der Waals surface area contributed by atoms with Crippen LogP contribution in [0.5, 0.6) is 17.2 Å². The van der Waals surface area contributed by atoms with Gasteiger partial charge in [0.15, 0.2) is 11.5 Å². The zero-order valence-electron chi connectivity index (χ0n) is 14.8. The molecule has 0 saturated heterocycles. The highest BCUT2D eigenvalue weighted by Crippen LogP contribution is 2.31. The summed E-state index contributed by atoms with van der Waals surface area (Å²) >= 11 is 0. The first-order valence-corrected chi connectivity index (χ1v) is 8.09. The van der Waals surface area contributed by atoms with Crippen molar-refractivity contribution in [3.63, 3.8) is 0 Å². The monoisotopic (exact) mass is 347 g/mol. The molecule has 0 aromatic heterocycles. The fraction of sp³-hybridized carbons (Fsp3) is 0.136. The van der Waals surface area contributed by atoms with E-state index >= 15 is 0 Å². The van der Waals surface area contributed by atoms with Crippen LogP contribution in [0.1, 0.15) is 11.1 Å². The molecule has 0 heterocycles. The molecular formula is C22H21NO3. The Bertz CT molecular complexity index is 829. The largest absolute Gasteiger partial charge is 0.493 e. The van der Waals surface area contributed by atoms with E-state index in [1.54, 1.807) is 31.4 Å². The van der Waals surface area contributed by atoms with E-state index in [0.29, 0.717) is 30.3 Å². The number of benzene rings is 2. The number of nitrogens with zero attached hydrogens (tertiary/aromatic N) is 1. The Morgan fingerprint density at radius 1 is 1.00 bits per heavy atom. The number of ether oxygens (including phenoxy) is 3. The maximum Gasteiger partial charge on any atom is 0.161 e. The summed E-state index contributed by atoms with van der Waals surface area (Å²) in [6.07, 6.45) is 5.17. The molecule has 0 radical (unpaired) electrons. The Morgan fingerprint density at radius 2 is 1.69 bits per heavy atom. The van der Waals surface area contributed by atoms with Crippen LogP contribution in [0.15, 0.2) is 67.8 Å². The Hall–Kier alpha value is -3.45. The van der Waals surface area contributed by atoms with E-state index in [0.717, 1.165) is 16.9 Å². The molecule has 132 valence electrons. The van der Waals surface area contributed by atoms with Gasteiger partial charge in [0.05, 0.1) is 18.8 Å². The molecule has 26 heavy (non-hydrogen) atoms. The molecule has 0 aliphatic rings. The minimum Gasteiger partial charge on any atom is -0.493 e. The molecule has 0 saturated carbocycles. The van der Waals surface area contributed by atoms with Crippen molar-refractivity contribution in [1.29, 1.82) is 5.26 Å². The van der Waals surface area contributed by atoms with Crippen molar-refractivity contribution < 1.29 is 14.2 Å². The maximum atomic E-state index is 9.55. The molecule has 0 aliphatic heterocycles. The predicted octanol–water partition coefficient (Wildman–Crippen LogP) is 4.89. The number of rotatable bonds is 9. The Balaban J connectivity index is 2.26. The van der Waals surface area contributed by atoms with Gasteiger partial charge in [-0.3, -0.25) is 0 Å². The fourth-order valence-electron chi connectivity index (χ4n) is 2.27. The lowest BCUT2D eigenvalue weighted by Crippen LogP contribution is -1.97. The SMILES string of the molecule is C=CCOc1ccc(/C=C(\C#N)c2ccc(OCC=C)c(OC)c2)cc1. The Morgan fingerprint density at radius 3 is 2.31 bits per heavy atom. The molecule has 4 heteroatoms.